The number of aryl methyl sites for hydroxylation is 1. The van der Waals surface area contributed by atoms with E-state index in [9.17, 15) is 9.59 Å². The Morgan fingerprint density at radius 3 is 2.92 bits per heavy atom. The molecule has 2 unspecified atom stereocenters. The van der Waals surface area contributed by atoms with Crippen molar-refractivity contribution >= 4 is 29.9 Å². The quantitative estimate of drug-likeness (QED) is 0.830. The van der Waals surface area contributed by atoms with Crippen LogP contribution in [0.2, 0.25) is 0 Å². The van der Waals surface area contributed by atoms with Crippen molar-refractivity contribution in [1.29, 1.82) is 0 Å². The molecule has 0 aromatic heterocycles. The fraction of sp³-hybridized carbons (Fsp3) is 0.556. The highest BCUT2D eigenvalue weighted by Crippen LogP contribution is 2.33. The predicted octanol–water partition coefficient (Wildman–Crippen LogP) is 1.65. The molecule has 138 valence electrons. The fourth-order valence-corrected chi connectivity index (χ4v) is 3.43. The number of benzene rings is 1. The Balaban J connectivity index is 0.00000225. The molecule has 0 radical (unpaired) electrons. The van der Waals surface area contributed by atoms with Crippen LogP contribution in [0.15, 0.2) is 18.2 Å². The molecule has 25 heavy (non-hydrogen) atoms. The minimum Gasteiger partial charge on any atom is -0.495 e. The minimum absolute atomic E-state index is 0. The first kappa shape index (κ1) is 19.5. The molecule has 0 aliphatic carbocycles. The van der Waals surface area contributed by atoms with E-state index in [-0.39, 0.29) is 36.6 Å². The van der Waals surface area contributed by atoms with E-state index in [1.807, 2.05) is 25.1 Å². The highest BCUT2D eigenvalue weighted by Gasteiger charge is 2.36. The number of carbonyl (C=O) groups is 2. The number of halogens is 1. The number of ether oxygens (including phenoxy) is 1. The van der Waals surface area contributed by atoms with Gasteiger partial charge in [0.05, 0.1) is 18.7 Å². The van der Waals surface area contributed by atoms with Crippen molar-refractivity contribution in [2.45, 2.75) is 32.2 Å². The van der Waals surface area contributed by atoms with Crippen molar-refractivity contribution in [3.05, 3.63) is 23.8 Å². The van der Waals surface area contributed by atoms with Gasteiger partial charge in [0.2, 0.25) is 11.8 Å². The minimum atomic E-state index is -0.302. The number of nitrogens with one attached hydrogen (secondary N) is 2. The molecule has 2 N–H and O–H groups in total. The Morgan fingerprint density at radius 1 is 1.44 bits per heavy atom. The molecule has 2 aliphatic heterocycles. The van der Waals surface area contributed by atoms with E-state index in [1.54, 1.807) is 12.0 Å². The number of amides is 2. The average molecular weight is 368 g/mol. The Labute approximate surface area is 154 Å². The number of anilines is 1. The maximum absolute atomic E-state index is 12.4. The highest BCUT2D eigenvalue weighted by atomic mass is 35.5. The first-order valence-electron chi connectivity index (χ1n) is 8.54. The Bertz CT molecular complexity index is 632. The van der Waals surface area contributed by atoms with Gasteiger partial charge in [-0.25, -0.2) is 0 Å². The summed E-state index contributed by atoms with van der Waals surface area (Å²) >= 11 is 0. The van der Waals surface area contributed by atoms with Crippen molar-refractivity contribution in [2.75, 3.05) is 31.6 Å². The first-order chi connectivity index (χ1) is 11.6. The van der Waals surface area contributed by atoms with Gasteiger partial charge in [0.15, 0.2) is 0 Å². The van der Waals surface area contributed by atoms with Crippen LogP contribution in [0.4, 0.5) is 5.69 Å². The SMILES string of the molecule is COc1ccc(C)cc1N1CC(C(=O)NCC2CCCN2)CC1=O.Cl. The maximum atomic E-state index is 12.4. The van der Waals surface area contributed by atoms with E-state index < -0.39 is 0 Å². The van der Waals surface area contributed by atoms with Crippen LogP contribution in [-0.4, -0.2) is 44.6 Å². The van der Waals surface area contributed by atoms with Crippen LogP contribution in [0.3, 0.4) is 0 Å². The molecule has 3 rings (SSSR count). The van der Waals surface area contributed by atoms with Gasteiger partial charge in [0.25, 0.3) is 0 Å². The second kappa shape index (κ2) is 8.54. The van der Waals surface area contributed by atoms with E-state index in [4.69, 9.17) is 4.74 Å². The lowest BCUT2D eigenvalue weighted by atomic mass is 10.1. The molecule has 7 heteroatoms. The highest BCUT2D eigenvalue weighted by molar-refractivity contribution is 6.01. The second-order valence-electron chi connectivity index (χ2n) is 6.62. The largest absolute Gasteiger partial charge is 0.495 e. The smallest absolute Gasteiger partial charge is 0.227 e. The normalized spacial score (nSPS) is 22.6. The standard InChI is InChI=1S/C18H25N3O3.ClH/c1-12-5-6-16(24-2)15(8-12)21-11-13(9-17(21)22)18(23)20-10-14-4-3-7-19-14;/h5-6,8,13-14,19H,3-4,7,9-11H2,1-2H3,(H,20,23);1H. The molecule has 2 aliphatic rings. The molecule has 2 heterocycles. The Morgan fingerprint density at radius 2 is 2.24 bits per heavy atom. The van der Waals surface area contributed by atoms with Crippen molar-refractivity contribution < 1.29 is 14.3 Å². The summed E-state index contributed by atoms with van der Waals surface area (Å²) < 4.78 is 5.37. The van der Waals surface area contributed by atoms with Gasteiger partial charge >= 0.3 is 0 Å². The molecule has 2 saturated heterocycles. The van der Waals surface area contributed by atoms with E-state index >= 15 is 0 Å². The van der Waals surface area contributed by atoms with Crippen LogP contribution in [-0.2, 0) is 9.59 Å². The lowest BCUT2D eigenvalue weighted by molar-refractivity contribution is -0.126. The number of hydrogen-bond donors (Lipinski definition) is 2. The molecular formula is C18H26ClN3O3. The third-order valence-electron chi connectivity index (χ3n) is 4.81. The van der Waals surface area contributed by atoms with E-state index in [1.165, 1.54) is 0 Å². The lowest BCUT2D eigenvalue weighted by Gasteiger charge is -2.20. The molecule has 1 aromatic rings. The monoisotopic (exact) mass is 367 g/mol. The predicted molar refractivity (Wildman–Crippen MR) is 99.5 cm³/mol. The van der Waals surface area contributed by atoms with Gasteiger partial charge in [0, 0.05) is 25.6 Å². The lowest BCUT2D eigenvalue weighted by Crippen LogP contribution is -2.40. The summed E-state index contributed by atoms with van der Waals surface area (Å²) in [5.41, 5.74) is 1.80. The summed E-state index contributed by atoms with van der Waals surface area (Å²) in [6.45, 7) is 4.03. The first-order valence-corrected chi connectivity index (χ1v) is 8.54. The van der Waals surface area contributed by atoms with Crippen LogP contribution in [0.1, 0.15) is 24.8 Å². The van der Waals surface area contributed by atoms with Crippen molar-refractivity contribution in [3.63, 3.8) is 0 Å². The number of carbonyl (C=O) groups excluding carboxylic acids is 2. The second-order valence-corrected chi connectivity index (χ2v) is 6.62. The van der Waals surface area contributed by atoms with Gasteiger partial charge in [-0.1, -0.05) is 6.07 Å². The van der Waals surface area contributed by atoms with Gasteiger partial charge in [-0.3, -0.25) is 9.59 Å². The van der Waals surface area contributed by atoms with Gasteiger partial charge < -0.3 is 20.3 Å². The zero-order valence-electron chi connectivity index (χ0n) is 14.7. The summed E-state index contributed by atoms with van der Waals surface area (Å²) in [6, 6.07) is 6.09. The van der Waals surface area contributed by atoms with Crippen LogP contribution in [0, 0.1) is 12.8 Å². The van der Waals surface area contributed by atoms with Crippen molar-refractivity contribution in [2.24, 2.45) is 5.92 Å². The van der Waals surface area contributed by atoms with Crippen molar-refractivity contribution in [1.82, 2.24) is 10.6 Å². The molecule has 2 fully saturated rings. The van der Waals surface area contributed by atoms with Crippen LogP contribution >= 0.6 is 12.4 Å². The summed E-state index contributed by atoms with van der Waals surface area (Å²) in [5, 5.41) is 6.35. The average Bonchev–Trinajstić information content (AvgIpc) is 3.22. The molecule has 0 saturated carbocycles. The van der Waals surface area contributed by atoms with Gasteiger partial charge in [-0.2, -0.15) is 0 Å². The molecule has 1 aromatic carbocycles. The zero-order valence-corrected chi connectivity index (χ0v) is 15.5. The molecule has 6 nitrogen and oxygen atoms in total. The molecule has 0 spiro atoms. The van der Waals surface area contributed by atoms with E-state index in [0.717, 1.165) is 30.6 Å². The van der Waals surface area contributed by atoms with Crippen LogP contribution < -0.4 is 20.3 Å². The number of hydrogen-bond acceptors (Lipinski definition) is 4. The van der Waals surface area contributed by atoms with Gasteiger partial charge in [0.1, 0.15) is 5.75 Å². The Hall–Kier alpha value is -1.79. The van der Waals surface area contributed by atoms with Gasteiger partial charge in [-0.15, -0.1) is 12.4 Å². The summed E-state index contributed by atoms with van der Waals surface area (Å²) in [7, 11) is 1.59. The van der Waals surface area contributed by atoms with E-state index in [2.05, 4.69) is 10.6 Å². The zero-order chi connectivity index (χ0) is 17.1. The number of rotatable bonds is 5. The van der Waals surface area contributed by atoms with E-state index in [0.29, 0.717) is 24.9 Å². The molecule has 0 bridgehead atoms. The van der Waals surface area contributed by atoms with Crippen LogP contribution in [0.5, 0.6) is 5.75 Å². The third-order valence-corrected chi connectivity index (χ3v) is 4.81. The van der Waals surface area contributed by atoms with Crippen molar-refractivity contribution in [3.8, 4) is 5.75 Å². The maximum Gasteiger partial charge on any atom is 0.227 e. The van der Waals surface area contributed by atoms with Crippen LogP contribution in [0.25, 0.3) is 0 Å². The topological polar surface area (TPSA) is 70.7 Å². The third kappa shape index (κ3) is 4.44. The van der Waals surface area contributed by atoms with Gasteiger partial charge in [-0.05, 0) is 44.0 Å². The molecule has 2 amide bonds. The number of methoxy groups -OCH3 is 1. The Kier molecular flexibility index (Phi) is 6.67. The molecule has 2 atom stereocenters. The summed E-state index contributed by atoms with van der Waals surface area (Å²) in [6.07, 6.45) is 2.50. The summed E-state index contributed by atoms with van der Waals surface area (Å²) in [4.78, 5) is 26.5. The molecular weight excluding hydrogens is 342 g/mol. The fourth-order valence-electron chi connectivity index (χ4n) is 3.43. The number of nitrogens with zero attached hydrogens (tertiary/aromatic N) is 1. The summed E-state index contributed by atoms with van der Waals surface area (Å²) in [5.74, 6) is 0.290.